The van der Waals surface area contributed by atoms with Crippen LogP contribution in [0, 0.1) is 0 Å². The quantitative estimate of drug-likeness (QED) is 0.578. The highest BCUT2D eigenvalue weighted by Crippen LogP contribution is 1.82. The number of hydrogen-bond acceptors (Lipinski definition) is 3. The van der Waals surface area contributed by atoms with Crippen LogP contribution < -0.4 is 0 Å². The minimum Gasteiger partial charge on any atom is -0.208 e. The maximum atomic E-state index is 3.62. The highest BCUT2D eigenvalue weighted by atomic mass is 15.5. The fourth-order valence-corrected chi connectivity index (χ4v) is 0.450. The Balaban J connectivity index is 2.57. The predicted molar refractivity (Wildman–Crippen MR) is 33.4 cm³/mol. The van der Waals surface area contributed by atoms with E-state index < -0.39 is 0 Å². The average Bonchev–Trinajstić information content (AvgIpc) is 2.34. The maximum Gasteiger partial charge on any atom is 0.143 e. The number of rotatable bonds is 2. The summed E-state index contributed by atoms with van der Waals surface area (Å²) in [5, 5.41) is 10.5. The van der Waals surface area contributed by atoms with Gasteiger partial charge in [0, 0.05) is 6.20 Å². The maximum absolute atomic E-state index is 3.62. The van der Waals surface area contributed by atoms with Gasteiger partial charge in [-0.15, -0.1) is 5.10 Å². The zero-order chi connectivity index (χ0) is 6.53. The van der Waals surface area contributed by atoms with E-state index in [1.807, 2.05) is 12.3 Å². The molecule has 0 bridgehead atoms. The number of tetrazole rings is 1. The second kappa shape index (κ2) is 2.96. The van der Waals surface area contributed by atoms with Gasteiger partial charge in [0.15, 0.2) is 0 Å². The Morgan fingerprint density at radius 2 is 2.56 bits per heavy atom. The Hall–Kier alpha value is -1.19. The highest BCUT2D eigenvalue weighted by Gasteiger charge is 1.79. The molecule has 0 aliphatic carbocycles. The molecular weight excluding hydrogens is 116 g/mol. The van der Waals surface area contributed by atoms with Crippen molar-refractivity contribution in [2.45, 2.75) is 13.3 Å². The van der Waals surface area contributed by atoms with E-state index in [9.17, 15) is 0 Å². The molecule has 1 rings (SSSR count). The second-order valence-corrected chi connectivity index (χ2v) is 1.58. The van der Waals surface area contributed by atoms with E-state index in [-0.39, 0.29) is 0 Å². The van der Waals surface area contributed by atoms with E-state index in [1.54, 1.807) is 11.0 Å². The molecule has 0 atom stereocenters. The molecule has 0 spiro atoms. The Morgan fingerprint density at radius 1 is 1.67 bits per heavy atom. The van der Waals surface area contributed by atoms with Crippen molar-refractivity contribution in [3.63, 3.8) is 0 Å². The van der Waals surface area contributed by atoms with Crippen LogP contribution in [0.3, 0.4) is 0 Å². The van der Waals surface area contributed by atoms with E-state index >= 15 is 0 Å². The van der Waals surface area contributed by atoms with Crippen molar-refractivity contribution in [1.82, 2.24) is 20.2 Å². The first kappa shape index (κ1) is 5.94. The molecule has 48 valence electrons. The van der Waals surface area contributed by atoms with E-state index in [0.29, 0.717) is 0 Å². The molecule has 0 aliphatic heterocycles. The van der Waals surface area contributed by atoms with Crippen LogP contribution in [0.1, 0.15) is 13.3 Å². The van der Waals surface area contributed by atoms with Crippen LogP contribution in [0.4, 0.5) is 0 Å². The molecule has 0 aromatic carbocycles. The lowest BCUT2D eigenvalue weighted by Crippen LogP contribution is -1.85. The van der Waals surface area contributed by atoms with Gasteiger partial charge >= 0.3 is 0 Å². The van der Waals surface area contributed by atoms with Gasteiger partial charge in [0.2, 0.25) is 0 Å². The van der Waals surface area contributed by atoms with Gasteiger partial charge in [0.25, 0.3) is 0 Å². The zero-order valence-electron chi connectivity index (χ0n) is 5.23. The summed E-state index contributed by atoms with van der Waals surface area (Å²) in [6.45, 7) is 2.06. The molecule has 9 heavy (non-hydrogen) atoms. The summed E-state index contributed by atoms with van der Waals surface area (Å²) >= 11 is 0. The summed E-state index contributed by atoms with van der Waals surface area (Å²) in [7, 11) is 0. The first-order valence-corrected chi connectivity index (χ1v) is 2.82. The molecular formula is C5H8N4. The summed E-state index contributed by atoms with van der Waals surface area (Å²) in [4.78, 5) is 0. The van der Waals surface area contributed by atoms with Gasteiger partial charge in [-0.3, -0.25) is 0 Å². The number of nitrogens with zero attached hydrogens (tertiary/aromatic N) is 4. The minimum absolute atomic E-state index is 1.000. The fourth-order valence-electron chi connectivity index (χ4n) is 0.450. The molecule has 0 amide bonds. The van der Waals surface area contributed by atoms with Crippen LogP contribution in [0.5, 0.6) is 0 Å². The summed E-state index contributed by atoms with van der Waals surface area (Å²) < 4.78 is 1.56. The van der Waals surface area contributed by atoms with E-state index in [2.05, 4.69) is 22.4 Å². The smallest absolute Gasteiger partial charge is 0.143 e. The topological polar surface area (TPSA) is 43.6 Å². The summed E-state index contributed by atoms with van der Waals surface area (Å²) in [5.41, 5.74) is 0. The van der Waals surface area contributed by atoms with Crippen LogP contribution in [-0.4, -0.2) is 20.2 Å². The van der Waals surface area contributed by atoms with E-state index in [1.165, 1.54) is 0 Å². The first-order valence-electron chi connectivity index (χ1n) is 2.82. The predicted octanol–water partition coefficient (Wildman–Crippen LogP) is 0.554. The molecule has 0 saturated carbocycles. The van der Waals surface area contributed by atoms with Crippen molar-refractivity contribution in [2.24, 2.45) is 0 Å². The van der Waals surface area contributed by atoms with Crippen molar-refractivity contribution in [1.29, 1.82) is 0 Å². The van der Waals surface area contributed by atoms with Gasteiger partial charge in [0.05, 0.1) is 0 Å². The third-order valence-corrected chi connectivity index (χ3v) is 0.859. The molecule has 1 aromatic heterocycles. The molecule has 0 N–H and O–H groups in total. The first-order chi connectivity index (χ1) is 4.43. The highest BCUT2D eigenvalue weighted by molar-refractivity contribution is 5.16. The summed E-state index contributed by atoms with van der Waals surface area (Å²) in [6.07, 6.45) is 6.35. The van der Waals surface area contributed by atoms with Crippen LogP contribution in [0.15, 0.2) is 12.4 Å². The molecule has 0 fully saturated rings. The molecule has 0 unspecified atom stereocenters. The van der Waals surface area contributed by atoms with Crippen molar-refractivity contribution >= 4 is 6.20 Å². The van der Waals surface area contributed by atoms with Crippen LogP contribution in [0.2, 0.25) is 0 Å². The third kappa shape index (κ3) is 1.64. The molecule has 0 radical (unpaired) electrons. The number of aromatic nitrogens is 4. The van der Waals surface area contributed by atoms with Gasteiger partial charge in [0.1, 0.15) is 6.33 Å². The number of hydrogen-bond donors (Lipinski definition) is 0. The third-order valence-electron chi connectivity index (χ3n) is 0.859. The van der Waals surface area contributed by atoms with Gasteiger partial charge in [-0.2, -0.15) is 0 Å². The Morgan fingerprint density at radius 3 is 3.11 bits per heavy atom. The van der Waals surface area contributed by atoms with Crippen LogP contribution >= 0.6 is 0 Å². The van der Waals surface area contributed by atoms with Gasteiger partial charge in [-0.1, -0.05) is 13.0 Å². The lowest BCUT2D eigenvalue weighted by molar-refractivity contribution is 0.816. The lowest BCUT2D eigenvalue weighted by Gasteiger charge is -1.81. The Labute approximate surface area is 53.2 Å². The zero-order valence-corrected chi connectivity index (χ0v) is 5.23. The van der Waals surface area contributed by atoms with Crippen molar-refractivity contribution < 1.29 is 0 Å². The SMILES string of the molecule is CC/C=C/n1cnnn1. The number of allylic oxidation sites excluding steroid dienone is 1. The van der Waals surface area contributed by atoms with Gasteiger partial charge in [-0.05, 0) is 16.8 Å². The van der Waals surface area contributed by atoms with Crippen molar-refractivity contribution in [3.8, 4) is 0 Å². The van der Waals surface area contributed by atoms with Gasteiger partial charge in [-0.25, -0.2) is 4.68 Å². The minimum atomic E-state index is 1.000. The Bertz CT molecular complexity index is 177. The standard InChI is InChI=1S/C5H8N4/c1-2-3-4-9-5-6-7-8-9/h3-5H,2H2,1H3/b4-3+. The lowest BCUT2D eigenvalue weighted by atomic mass is 10.5. The van der Waals surface area contributed by atoms with Crippen LogP contribution in [-0.2, 0) is 0 Å². The van der Waals surface area contributed by atoms with Crippen LogP contribution in [0.25, 0.3) is 6.20 Å². The normalized spacial score (nSPS) is 10.8. The molecule has 1 heterocycles. The average molecular weight is 124 g/mol. The molecule has 0 aliphatic rings. The van der Waals surface area contributed by atoms with Crippen molar-refractivity contribution in [2.75, 3.05) is 0 Å². The Kier molecular flexibility index (Phi) is 1.95. The van der Waals surface area contributed by atoms with Gasteiger partial charge < -0.3 is 0 Å². The fraction of sp³-hybridized carbons (Fsp3) is 0.400. The second-order valence-electron chi connectivity index (χ2n) is 1.58. The largest absolute Gasteiger partial charge is 0.208 e. The van der Waals surface area contributed by atoms with E-state index in [0.717, 1.165) is 6.42 Å². The summed E-state index contributed by atoms with van der Waals surface area (Å²) in [5.74, 6) is 0. The molecule has 0 saturated heterocycles. The molecule has 1 aromatic rings. The summed E-state index contributed by atoms with van der Waals surface area (Å²) in [6, 6.07) is 0. The molecule has 4 nitrogen and oxygen atoms in total. The van der Waals surface area contributed by atoms with E-state index in [4.69, 9.17) is 0 Å². The molecule has 4 heteroatoms. The monoisotopic (exact) mass is 124 g/mol. The van der Waals surface area contributed by atoms with Crippen molar-refractivity contribution in [3.05, 3.63) is 12.4 Å².